The lowest BCUT2D eigenvalue weighted by atomic mass is 10.1. The van der Waals surface area contributed by atoms with Crippen LogP contribution in [0.3, 0.4) is 0 Å². The molecule has 0 saturated carbocycles. The molecule has 2 nitrogen and oxygen atoms in total. The van der Waals surface area contributed by atoms with Crippen molar-refractivity contribution < 1.29 is 0 Å². The molecule has 1 rings (SSSR count). The van der Waals surface area contributed by atoms with E-state index in [9.17, 15) is 0 Å². The van der Waals surface area contributed by atoms with Gasteiger partial charge in [0.15, 0.2) is 0 Å². The summed E-state index contributed by atoms with van der Waals surface area (Å²) in [6.07, 6.45) is 9.15. The van der Waals surface area contributed by atoms with Crippen LogP contribution in [-0.2, 0) is 0 Å². The molecule has 0 unspecified atom stereocenters. The van der Waals surface area contributed by atoms with E-state index in [0.29, 0.717) is 6.04 Å². The monoisotopic (exact) mass is 180 g/mol. The number of rotatable bonds is 5. The molecule has 13 heavy (non-hydrogen) atoms. The number of hydrogen-bond acceptors (Lipinski definition) is 1. The summed E-state index contributed by atoms with van der Waals surface area (Å²) in [6.45, 7) is 6.53. The summed E-state index contributed by atoms with van der Waals surface area (Å²) in [5, 5.41) is 0. The molecule has 0 aliphatic heterocycles. The molecule has 0 amide bonds. The maximum atomic E-state index is 4.26. The Morgan fingerprint density at radius 3 is 2.31 bits per heavy atom. The highest BCUT2D eigenvalue weighted by atomic mass is 15.1. The van der Waals surface area contributed by atoms with Crippen molar-refractivity contribution in [2.75, 3.05) is 0 Å². The van der Waals surface area contributed by atoms with Crippen molar-refractivity contribution >= 4 is 0 Å². The molecule has 74 valence electrons. The topological polar surface area (TPSA) is 17.8 Å². The van der Waals surface area contributed by atoms with Crippen molar-refractivity contribution in [2.24, 2.45) is 0 Å². The molecule has 0 N–H and O–H groups in total. The van der Waals surface area contributed by atoms with E-state index >= 15 is 0 Å². The van der Waals surface area contributed by atoms with E-state index < -0.39 is 0 Å². The lowest BCUT2D eigenvalue weighted by Gasteiger charge is -2.16. The SMILES string of the molecule is CCCC(CCC)n1cnc(C)c1. The zero-order chi connectivity index (χ0) is 9.68. The summed E-state index contributed by atoms with van der Waals surface area (Å²) >= 11 is 0. The number of imidazole rings is 1. The van der Waals surface area contributed by atoms with Crippen LogP contribution in [0.4, 0.5) is 0 Å². The average Bonchev–Trinajstić information content (AvgIpc) is 2.51. The normalized spacial score (nSPS) is 11.1. The van der Waals surface area contributed by atoms with Crippen molar-refractivity contribution in [3.63, 3.8) is 0 Å². The van der Waals surface area contributed by atoms with Gasteiger partial charge in [0, 0.05) is 12.2 Å². The standard InChI is InChI=1S/C11H20N2/c1-4-6-11(7-5-2)13-8-10(3)12-9-13/h8-9,11H,4-7H2,1-3H3. The predicted molar refractivity (Wildman–Crippen MR) is 55.8 cm³/mol. The Hall–Kier alpha value is -0.790. The van der Waals surface area contributed by atoms with E-state index in [1.54, 1.807) is 0 Å². The molecule has 0 aromatic carbocycles. The third-order valence-corrected chi connectivity index (χ3v) is 2.40. The Kier molecular flexibility index (Phi) is 4.00. The highest BCUT2D eigenvalue weighted by Crippen LogP contribution is 2.19. The quantitative estimate of drug-likeness (QED) is 0.679. The first-order valence-electron chi connectivity index (χ1n) is 5.28. The van der Waals surface area contributed by atoms with Crippen LogP contribution in [0, 0.1) is 6.92 Å². The van der Waals surface area contributed by atoms with E-state index in [0.717, 1.165) is 5.69 Å². The van der Waals surface area contributed by atoms with Gasteiger partial charge in [-0.05, 0) is 19.8 Å². The zero-order valence-electron chi connectivity index (χ0n) is 8.95. The van der Waals surface area contributed by atoms with Gasteiger partial charge in [0.05, 0.1) is 12.0 Å². The number of nitrogens with zero attached hydrogens (tertiary/aromatic N) is 2. The molecule has 0 fully saturated rings. The highest BCUT2D eigenvalue weighted by Gasteiger charge is 2.08. The minimum absolute atomic E-state index is 0.663. The van der Waals surface area contributed by atoms with Gasteiger partial charge in [-0.1, -0.05) is 26.7 Å². The fourth-order valence-electron chi connectivity index (χ4n) is 1.75. The number of aryl methyl sites for hydroxylation is 1. The van der Waals surface area contributed by atoms with Gasteiger partial charge in [-0.2, -0.15) is 0 Å². The molecular weight excluding hydrogens is 160 g/mol. The Bertz CT molecular complexity index is 234. The molecule has 0 aliphatic rings. The Labute approximate surface area is 81.0 Å². The van der Waals surface area contributed by atoms with Gasteiger partial charge in [-0.3, -0.25) is 0 Å². The first-order valence-corrected chi connectivity index (χ1v) is 5.28. The van der Waals surface area contributed by atoms with Crippen LogP contribution in [-0.4, -0.2) is 9.55 Å². The molecule has 0 atom stereocenters. The van der Waals surface area contributed by atoms with Crippen LogP contribution in [0.1, 0.15) is 51.3 Å². The van der Waals surface area contributed by atoms with E-state index in [-0.39, 0.29) is 0 Å². The second-order valence-electron chi connectivity index (χ2n) is 3.69. The average molecular weight is 180 g/mol. The summed E-state index contributed by atoms with van der Waals surface area (Å²) in [6, 6.07) is 0.663. The lowest BCUT2D eigenvalue weighted by molar-refractivity contribution is 0.426. The van der Waals surface area contributed by atoms with Gasteiger partial charge < -0.3 is 4.57 Å². The summed E-state index contributed by atoms with van der Waals surface area (Å²) in [7, 11) is 0. The van der Waals surface area contributed by atoms with Gasteiger partial charge >= 0.3 is 0 Å². The molecule has 0 bridgehead atoms. The van der Waals surface area contributed by atoms with Crippen LogP contribution < -0.4 is 0 Å². The molecule has 0 aliphatic carbocycles. The van der Waals surface area contributed by atoms with Crippen LogP contribution in [0.5, 0.6) is 0 Å². The number of hydrogen-bond donors (Lipinski definition) is 0. The molecular formula is C11H20N2. The fourth-order valence-corrected chi connectivity index (χ4v) is 1.75. The van der Waals surface area contributed by atoms with Gasteiger partial charge in [-0.25, -0.2) is 4.98 Å². The minimum Gasteiger partial charge on any atom is -0.334 e. The van der Waals surface area contributed by atoms with Crippen molar-refractivity contribution in [1.29, 1.82) is 0 Å². The van der Waals surface area contributed by atoms with E-state index in [4.69, 9.17) is 0 Å². The van der Waals surface area contributed by atoms with Crippen molar-refractivity contribution in [3.8, 4) is 0 Å². The van der Waals surface area contributed by atoms with E-state index in [1.165, 1.54) is 25.7 Å². The maximum absolute atomic E-state index is 4.26. The van der Waals surface area contributed by atoms with Crippen LogP contribution in [0.2, 0.25) is 0 Å². The van der Waals surface area contributed by atoms with Crippen LogP contribution in [0.25, 0.3) is 0 Å². The third-order valence-electron chi connectivity index (χ3n) is 2.40. The second kappa shape index (κ2) is 5.05. The molecule has 1 aromatic rings. The summed E-state index contributed by atoms with van der Waals surface area (Å²) in [4.78, 5) is 4.26. The van der Waals surface area contributed by atoms with Crippen LogP contribution in [0.15, 0.2) is 12.5 Å². The molecule has 0 spiro atoms. The molecule has 0 saturated heterocycles. The van der Waals surface area contributed by atoms with Gasteiger partial charge in [-0.15, -0.1) is 0 Å². The van der Waals surface area contributed by atoms with Gasteiger partial charge in [0.25, 0.3) is 0 Å². The Morgan fingerprint density at radius 2 is 1.92 bits per heavy atom. The first-order chi connectivity index (χ1) is 6.27. The van der Waals surface area contributed by atoms with E-state index in [1.807, 2.05) is 13.3 Å². The highest BCUT2D eigenvalue weighted by molar-refractivity contribution is 4.94. The lowest BCUT2D eigenvalue weighted by Crippen LogP contribution is -2.06. The Balaban J connectivity index is 2.63. The van der Waals surface area contributed by atoms with Gasteiger partial charge in [0.2, 0.25) is 0 Å². The zero-order valence-corrected chi connectivity index (χ0v) is 8.95. The van der Waals surface area contributed by atoms with E-state index in [2.05, 4.69) is 29.6 Å². The van der Waals surface area contributed by atoms with Gasteiger partial charge in [0.1, 0.15) is 0 Å². The van der Waals surface area contributed by atoms with Crippen LogP contribution >= 0.6 is 0 Å². The summed E-state index contributed by atoms with van der Waals surface area (Å²) in [5.74, 6) is 0. The Morgan fingerprint density at radius 1 is 1.31 bits per heavy atom. The van der Waals surface area contributed by atoms with Crippen molar-refractivity contribution in [1.82, 2.24) is 9.55 Å². The minimum atomic E-state index is 0.663. The molecule has 0 radical (unpaired) electrons. The summed E-state index contributed by atoms with van der Waals surface area (Å²) < 4.78 is 2.27. The maximum Gasteiger partial charge on any atom is 0.0951 e. The molecule has 1 heterocycles. The molecule has 2 heteroatoms. The smallest absolute Gasteiger partial charge is 0.0951 e. The predicted octanol–water partition coefficient (Wildman–Crippen LogP) is 3.33. The number of aromatic nitrogens is 2. The second-order valence-corrected chi connectivity index (χ2v) is 3.69. The summed E-state index contributed by atoms with van der Waals surface area (Å²) in [5.41, 5.74) is 1.12. The third kappa shape index (κ3) is 2.87. The largest absolute Gasteiger partial charge is 0.334 e. The fraction of sp³-hybridized carbons (Fsp3) is 0.727. The van der Waals surface area contributed by atoms with Crippen molar-refractivity contribution in [3.05, 3.63) is 18.2 Å². The van der Waals surface area contributed by atoms with Crippen molar-refractivity contribution in [2.45, 2.75) is 52.5 Å². The molecule has 1 aromatic heterocycles. The first kappa shape index (κ1) is 10.3.